The molecule has 0 aromatic heterocycles. The molecule has 1 aliphatic rings. The van der Waals surface area contributed by atoms with Crippen LogP contribution in [0.5, 0.6) is 0 Å². The lowest BCUT2D eigenvalue weighted by Crippen LogP contribution is -2.49. The van der Waals surface area contributed by atoms with Crippen molar-refractivity contribution in [3.8, 4) is 0 Å². The van der Waals surface area contributed by atoms with Crippen LogP contribution in [0.25, 0.3) is 0 Å². The van der Waals surface area contributed by atoms with E-state index in [1.54, 1.807) is 14.2 Å². The van der Waals surface area contributed by atoms with Crippen molar-refractivity contribution in [3.63, 3.8) is 0 Å². The summed E-state index contributed by atoms with van der Waals surface area (Å²) in [5.74, 6) is 0.251. The number of aliphatic hydroxyl groups is 1. The van der Waals surface area contributed by atoms with Crippen molar-refractivity contribution in [3.05, 3.63) is 0 Å². The van der Waals surface area contributed by atoms with Crippen LogP contribution in [0.2, 0.25) is 0 Å². The largest absolute Gasteiger partial charge is 0.396 e. The third-order valence-electron chi connectivity index (χ3n) is 3.99. The van der Waals surface area contributed by atoms with Gasteiger partial charge in [0.05, 0.1) is 18.3 Å². The molecule has 4 nitrogen and oxygen atoms in total. The minimum absolute atomic E-state index is 0.0152. The minimum atomic E-state index is -0.0206. The van der Waals surface area contributed by atoms with Gasteiger partial charge in [-0.3, -0.25) is 0 Å². The third kappa shape index (κ3) is 3.92. The smallest absolute Gasteiger partial charge is 0.110 e. The first kappa shape index (κ1) is 15.9. The zero-order valence-corrected chi connectivity index (χ0v) is 12.1. The van der Waals surface area contributed by atoms with Gasteiger partial charge in [0.25, 0.3) is 0 Å². The maximum absolute atomic E-state index is 9.33. The molecule has 4 heteroatoms. The van der Waals surface area contributed by atoms with E-state index in [2.05, 4.69) is 13.8 Å². The van der Waals surface area contributed by atoms with E-state index in [9.17, 15) is 5.11 Å². The average Bonchev–Trinajstić information content (AvgIpc) is 2.43. The van der Waals surface area contributed by atoms with Crippen LogP contribution < -0.4 is 0 Å². The zero-order chi connectivity index (χ0) is 13.5. The summed E-state index contributed by atoms with van der Waals surface area (Å²) in [6.45, 7) is 4.46. The van der Waals surface area contributed by atoms with Crippen molar-refractivity contribution in [1.82, 2.24) is 0 Å². The molecule has 2 unspecified atom stereocenters. The van der Waals surface area contributed by atoms with E-state index in [-0.39, 0.29) is 36.9 Å². The molecule has 0 aromatic rings. The summed E-state index contributed by atoms with van der Waals surface area (Å²) < 4.78 is 17.2. The Morgan fingerprint density at radius 1 is 1.06 bits per heavy atom. The fourth-order valence-corrected chi connectivity index (χ4v) is 2.75. The van der Waals surface area contributed by atoms with Crippen molar-refractivity contribution >= 4 is 0 Å². The van der Waals surface area contributed by atoms with Crippen LogP contribution in [0.3, 0.4) is 0 Å². The standard InChI is InChI=1S/C14H28O4/c1-5-11(6-2)18-14-12(16-3)7-10(9-15)8-13(14)17-4/h10-15H,5-9H2,1-4H3. The summed E-state index contributed by atoms with van der Waals surface area (Å²) in [4.78, 5) is 0. The molecule has 0 aliphatic heterocycles. The molecule has 1 saturated carbocycles. The molecule has 0 amide bonds. The second-order valence-electron chi connectivity index (χ2n) is 5.11. The third-order valence-corrected chi connectivity index (χ3v) is 3.99. The molecule has 0 spiro atoms. The molecule has 18 heavy (non-hydrogen) atoms. The normalized spacial score (nSPS) is 33.0. The fraction of sp³-hybridized carbons (Fsp3) is 1.00. The number of methoxy groups -OCH3 is 2. The highest BCUT2D eigenvalue weighted by atomic mass is 16.6. The Morgan fingerprint density at radius 3 is 1.89 bits per heavy atom. The van der Waals surface area contributed by atoms with Crippen LogP contribution in [0.4, 0.5) is 0 Å². The van der Waals surface area contributed by atoms with Crippen LogP contribution >= 0.6 is 0 Å². The van der Waals surface area contributed by atoms with Crippen molar-refractivity contribution in [2.75, 3.05) is 20.8 Å². The van der Waals surface area contributed by atoms with E-state index in [0.29, 0.717) is 0 Å². The molecule has 0 heterocycles. The monoisotopic (exact) mass is 260 g/mol. The van der Waals surface area contributed by atoms with E-state index in [1.807, 2.05) is 0 Å². The highest BCUT2D eigenvalue weighted by Crippen LogP contribution is 2.31. The van der Waals surface area contributed by atoms with Gasteiger partial charge >= 0.3 is 0 Å². The number of aliphatic hydroxyl groups excluding tert-OH is 1. The van der Waals surface area contributed by atoms with E-state index in [1.165, 1.54) is 0 Å². The van der Waals surface area contributed by atoms with E-state index in [0.717, 1.165) is 25.7 Å². The Hall–Kier alpha value is -0.160. The lowest BCUT2D eigenvalue weighted by Gasteiger charge is -2.41. The van der Waals surface area contributed by atoms with Gasteiger partial charge in [-0.05, 0) is 31.6 Å². The van der Waals surface area contributed by atoms with Gasteiger partial charge < -0.3 is 19.3 Å². The molecular weight excluding hydrogens is 232 g/mol. The number of hydrogen-bond acceptors (Lipinski definition) is 4. The highest BCUT2D eigenvalue weighted by molar-refractivity contribution is 4.89. The maximum Gasteiger partial charge on any atom is 0.110 e. The van der Waals surface area contributed by atoms with Crippen LogP contribution in [-0.2, 0) is 14.2 Å². The molecule has 1 aliphatic carbocycles. The first-order valence-corrected chi connectivity index (χ1v) is 7.01. The molecule has 1 fully saturated rings. The summed E-state index contributed by atoms with van der Waals surface area (Å²) >= 11 is 0. The Bertz CT molecular complexity index is 204. The van der Waals surface area contributed by atoms with Crippen molar-refractivity contribution in [1.29, 1.82) is 0 Å². The Morgan fingerprint density at radius 2 is 1.56 bits per heavy atom. The molecule has 1 rings (SSSR count). The van der Waals surface area contributed by atoms with Gasteiger partial charge in [0.15, 0.2) is 0 Å². The lowest BCUT2D eigenvalue weighted by molar-refractivity contribution is -0.176. The van der Waals surface area contributed by atoms with E-state index >= 15 is 0 Å². The van der Waals surface area contributed by atoms with Crippen molar-refractivity contribution in [2.24, 2.45) is 5.92 Å². The molecule has 1 N–H and O–H groups in total. The van der Waals surface area contributed by atoms with Crippen molar-refractivity contribution < 1.29 is 19.3 Å². The minimum Gasteiger partial charge on any atom is -0.396 e. The second kappa shape index (κ2) is 8.10. The molecule has 0 aromatic carbocycles. The molecule has 0 radical (unpaired) electrons. The van der Waals surface area contributed by atoms with Gasteiger partial charge in [-0.2, -0.15) is 0 Å². The predicted molar refractivity (Wildman–Crippen MR) is 70.6 cm³/mol. The average molecular weight is 260 g/mol. The van der Waals surface area contributed by atoms with Gasteiger partial charge in [-0.1, -0.05) is 13.8 Å². The van der Waals surface area contributed by atoms with Gasteiger partial charge in [0, 0.05) is 20.8 Å². The predicted octanol–water partition coefficient (Wildman–Crippen LogP) is 1.99. The number of hydrogen-bond donors (Lipinski definition) is 1. The summed E-state index contributed by atoms with van der Waals surface area (Å²) in [7, 11) is 3.42. The Kier molecular flexibility index (Phi) is 7.15. The Labute approximate surface area is 111 Å². The van der Waals surface area contributed by atoms with E-state index < -0.39 is 0 Å². The number of rotatable bonds is 7. The first-order valence-electron chi connectivity index (χ1n) is 7.01. The van der Waals surface area contributed by atoms with Gasteiger partial charge in [0.1, 0.15) is 6.10 Å². The molecular formula is C14H28O4. The number of ether oxygens (including phenoxy) is 3. The van der Waals surface area contributed by atoms with Crippen LogP contribution in [0.1, 0.15) is 39.5 Å². The molecule has 2 atom stereocenters. The van der Waals surface area contributed by atoms with Crippen LogP contribution in [0.15, 0.2) is 0 Å². The second-order valence-corrected chi connectivity index (χ2v) is 5.11. The van der Waals surface area contributed by atoms with Gasteiger partial charge in [-0.25, -0.2) is 0 Å². The zero-order valence-electron chi connectivity index (χ0n) is 12.1. The topological polar surface area (TPSA) is 47.9 Å². The quantitative estimate of drug-likeness (QED) is 0.760. The molecule has 0 bridgehead atoms. The van der Waals surface area contributed by atoms with Crippen molar-refractivity contribution in [2.45, 2.75) is 63.9 Å². The van der Waals surface area contributed by atoms with E-state index in [4.69, 9.17) is 14.2 Å². The molecule has 108 valence electrons. The maximum atomic E-state index is 9.33. The van der Waals surface area contributed by atoms with Crippen LogP contribution in [0, 0.1) is 5.92 Å². The summed E-state index contributed by atoms with van der Waals surface area (Å²) in [5.41, 5.74) is 0. The Balaban J connectivity index is 2.70. The van der Waals surface area contributed by atoms with Gasteiger partial charge in [-0.15, -0.1) is 0 Å². The highest BCUT2D eigenvalue weighted by Gasteiger charge is 2.39. The first-order chi connectivity index (χ1) is 8.69. The summed E-state index contributed by atoms with van der Waals surface area (Å²) in [5, 5.41) is 9.33. The SMILES string of the molecule is CCC(CC)OC1C(OC)CC(CO)CC1OC. The fourth-order valence-electron chi connectivity index (χ4n) is 2.75. The van der Waals surface area contributed by atoms with Crippen LogP contribution in [-0.4, -0.2) is 50.3 Å². The molecule has 0 saturated heterocycles. The van der Waals surface area contributed by atoms with Gasteiger partial charge in [0.2, 0.25) is 0 Å². The lowest BCUT2D eigenvalue weighted by atomic mass is 9.83. The summed E-state index contributed by atoms with van der Waals surface area (Å²) in [6, 6.07) is 0. The summed E-state index contributed by atoms with van der Waals surface area (Å²) in [6.07, 6.45) is 3.97.